The van der Waals surface area contributed by atoms with Gasteiger partial charge >= 0.3 is 0 Å². The Hall–Kier alpha value is -0.570. The molecule has 0 saturated heterocycles. The summed E-state index contributed by atoms with van der Waals surface area (Å²) in [4.78, 5) is 12.5. The molecule has 3 nitrogen and oxygen atoms in total. The molecular formula is C16H28N2O. The number of amides is 1. The lowest BCUT2D eigenvalue weighted by Gasteiger charge is -2.53. The van der Waals surface area contributed by atoms with Crippen LogP contribution < -0.4 is 10.6 Å². The molecule has 2 N–H and O–H groups in total. The molecule has 4 bridgehead atoms. The Kier molecular flexibility index (Phi) is 3.84. The summed E-state index contributed by atoms with van der Waals surface area (Å²) in [7, 11) is 0. The Balaban J connectivity index is 1.55. The van der Waals surface area contributed by atoms with Gasteiger partial charge in [-0.2, -0.15) is 0 Å². The van der Waals surface area contributed by atoms with Gasteiger partial charge in [0.25, 0.3) is 0 Å². The normalized spacial score (nSPS) is 41.3. The summed E-state index contributed by atoms with van der Waals surface area (Å²) in [5.41, 5.74) is 0. The van der Waals surface area contributed by atoms with Crippen LogP contribution in [-0.2, 0) is 4.79 Å². The van der Waals surface area contributed by atoms with E-state index in [1.165, 1.54) is 32.1 Å². The smallest absolute Gasteiger partial charge is 0.223 e. The minimum Gasteiger partial charge on any atom is -0.354 e. The van der Waals surface area contributed by atoms with Crippen LogP contribution in [0.3, 0.4) is 0 Å². The molecule has 0 radical (unpaired) electrons. The third-order valence-corrected chi connectivity index (χ3v) is 5.66. The number of rotatable bonds is 5. The van der Waals surface area contributed by atoms with Crippen LogP contribution >= 0.6 is 0 Å². The van der Waals surface area contributed by atoms with E-state index < -0.39 is 0 Å². The van der Waals surface area contributed by atoms with E-state index in [9.17, 15) is 4.79 Å². The van der Waals surface area contributed by atoms with Crippen LogP contribution in [0.15, 0.2) is 0 Å². The summed E-state index contributed by atoms with van der Waals surface area (Å²) < 4.78 is 0. The van der Waals surface area contributed by atoms with Gasteiger partial charge < -0.3 is 10.6 Å². The molecule has 4 saturated carbocycles. The molecule has 0 unspecified atom stereocenters. The van der Waals surface area contributed by atoms with E-state index in [-0.39, 0.29) is 0 Å². The van der Waals surface area contributed by atoms with Crippen molar-refractivity contribution in [2.45, 2.75) is 52.0 Å². The first-order valence-corrected chi connectivity index (χ1v) is 8.18. The first-order valence-electron chi connectivity index (χ1n) is 8.18. The van der Waals surface area contributed by atoms with E-state index in [2.05, 4.69) is 24.5 Å². The van der Waals surface area contributed by atoms with Crippen LogP contribution in [0.1, 0.15) is 46.0 Å². The minimum atomic E-state index is 0.335. The van der Waals surface area contributed by atoms with E-state index in [0.717, 1.165) is 24.9 Å². The van der Waals surface area contributed by atoms with Crippen LogP contribution in [0.4, 0.5) is 0 Å². The SMILES string of the molecule is CCN[C@H](C)CNC(=O)C1C2CC3CC(C2)CC1C3. The van der Waals surface area contributed by atoms with Gasteiger partial charge in [0.15, 0.2) is 0 Å². The third-order valence-electron chi connectivity index (χ3n) is 5.66. The number of likely N-dealkylation sites (N-methyl/N-ethyl adjacent to an activating group) is 1. The summed E-state index contributed by atoms with van der Waals surface area (Å²) in [6, 6.07) is 0.380. The second-order valence-electron chi connectivity index (χ2n) is 7.16. The molecule has 108 valence electrons. The molecule has 1 amide bonds. The van der Waals surface area contributed by atoms with Gasteiger partial charge in [0.1, 0.15) is 0 Å². The van der Waals surface area contributed by atoms with Crippen LogP contribution in [0.2, 0.25) is 0 Å². The van der Waals surface area contributed by atoms with Gasteiger partial charge in [0, 0.05) is 18.5 Å². The lowest BCUT2D eigenvalue weighted by atomic mass is 9.51. The first kappa shape index (κ1) is 13.4. The zero-order chi connectivity index (χ0) is 13.4. The molecule has 0 aliphatic heterocycles. The first-order chi connectivity index (χ1) is 9.17. The van der Waals surface area contributed by atoms with Gasteiger partial charge in [-0.25, -0.2) is 0 Å². The maximum Gasteiger partial charge on any atom is 0.223 e. The van der Waals surface area contributed by atoms with Crippen molar-refractivity contribution in [3.63, 3.8) is 0 Å². The van der Waals surface area contributed by atoms with Gasteiger partial charge in [-0.15, -0.1) is 0 Å². The number of carbonyl (C=O) groups excluding carboxylic acids is 1. The van der Waals surface area contributed by atoms with Gasteiger partial charge in [-0.05, 0) is 69.2 Å². The summed E-state index contributed by atoms with van der Waals surface area (Å²) in [5.74, 6) is 3.98. The maximum atomic E-state index is 12.5. The van der Waals surface area contributed by atoms with Crippen LogP contribution in [0.25, 0.3) is 0 Å². The van der Waals surface area contributed by atoms with Gasteiger partial charge in [0.2, 0.25) is 5.91 Å². The van der Waals surface area contributed by atoms with E-state index in [4.69, 9.17) is 0 Å². The number of hydrogen-bond acceptors (Lipinski definition) is 2. The fourth-order valence-electron chi connectivity index (χ4n) is 5.15. The second kappa shape index (κ2) is 5.43. The topological polar surface area (TPSA) is 41.1 Å². The van der Waals surface area contributed by atoms with Crippen molar-refractivity contribution in [2.75, 3.05) is 13.1 Å². The van der Waals surface area contributed by atoms with Crippen molar-refractivity contribution < 1.29 is 4.79 Å². The zero-order valence-corrected chi connectivity index (χ0v) is 12.3. The minimum absolute atomic E-state index is 0.335. The molecule has 4 aliphatic carbocycles. The van der Waals surface area contributed by atoms with Gasteiger partial charge in [-0.1, -0.05) is 6.92 Å². The summed E-state index contributed by atoms with van der Waals surface area (Å²) in [6.45, 7) is 5.99. The molecule has 0 aromatic heterocycles. The van der Waals surface area contributed by atoms with Crippen LogP contribution in [-0.4, -0.2) is 25.0 Å². The standard InChI is InChI=1S/C16H28N2O/c1-3-17-10(2)9-18-16(19)15-13-5-11-4-12(7-13)8-14(15)6-11/h10-15,17H,3-9H2,1-2H3,(H,18,19)/t10-,11?,12?,13?,14?,15?/m1/s1. The van der Waals surface area contributed by atoms with Crippen molar-refractivity contribution in [3.05, 3.63) is 0 Å². The highest BCUT2D eigenvalue weighted by Crippen LogP contribution is 2.56. The van der Waals surface area contributed by atoms with E-state index in [0.29, 0.717) is 29.7 Å². The predicted molar refractivity (Wildman–Crippen MR) is 76.7 cm³/mol. The fraction of sp³-hybridized carbons (Fsp3) is 0.938. The van der Waals surface area contributed by atoms with E-state index >= 15 is 0 Å². The van der Waals surface area contributed by atoms with Crippen molar-refractivity contribution in [1.29, 1.82) is 0 Å². The molecule has 0 aromatic rings. The average Bonchev–Trinajstić information content (AvgIpc) is 2.35. The third kappa shape index (κ3) is 2.67. The highest BCUT2D eigenvalue weighted by molar-refractivity contribution is 5.79. The number of nitrogens with one attached hydrogen (secondary N) is 2. The molecule has 3 heteroatoms. The van der Waals surface area contributed by atoms with Crippen molar-refractivity contribution in [1.82, 2.24) is 10.6 Å². The molecule has 0 heterocycles. The second-order valence-corrected chi connectivity index (χ2v) is 7.16. The summed E-state index contributed by atoms with van der Waals surface area (Å²) >= 11 is 0. The van der Waals surface area contributed by atoms with Crippen LogP contribution in [0.5, 0.6) is 0 Å². The lowest BCUT2D eigenvalue weighted by Crippen LogP contribution is -2.52. The molecule has 0 aromatic carbocycles. The fourth-order valence-corrected chi connectivity index (χ4v) is 5.15. The van der Waals surface area contributed by atoms with E-state index in [1.807, 2.05) is 0 Å². The molecule has 0 spiro atoms. The molecule has 1 atom stereocenters. The quantitative estimate of drug-likeness (QED) is 0.799. The number of hydrogen-bond donors (Lipinski definition) is 2. The lowest BCUT2D eigenvalue weighted by molar-refractivity contribution is -0.138. The Morgan fingerprint density at radius 3 is 2.21 bits per heavy atom. The maximum absolute atomic E-state index is 12.5. The summed E-state index contributed by atoms with van der Waals surface area (Å²) in [5, 5.41) is 6.55. The van der Waals surface area contributed by atoms with Crippen molar-refractivity contribution in [2.24, 2.45) is 29.6 Å². The number of carbonyl (C=O) groups is 1. The monoisotopic (exact) mass is 264 g/mol. The molecular weight excluding hydrogens is 236 g/mol. The summed E-state index contributed by atoms with van der Waals surface area (Å²) in [6.07, 6.45) is 6.77. The Morgan fingerprint density at radius 2 is 1.68 bits per heavy atom. The zero-order valence-electron chi connectivity index (χ0n) is 12.3. The Labute approximate surface area is 116 Å². The van der Waals surface area contributed by atoms with Gasteiger partial charge in [0.05, 0.1) is 0 Å². The highest BCUT2D eigenvalue weighted by Gasteiger charge is 2.50. The Morgan fingerprint density at radius 1 is 1.11 bits per heavy atom. The Bertz CT molecular complexity index is 314. The molecule has 19 heavy (non-hydrogen) atoms. The largest absolute Gasteiger partial charge is 0.354 e. The average molecular weight is 264 g/mol. The highest BCUT2D eigenvalue weighted by atomic mass is 16.1. The van der Waals surface area contributed by atoms with Crippen molar-refractivity contribution in [3.8, 4) is 0 Å². The van der Waals surface area contributed by atoms with E-state index in [1.54, 1.807) is 0 Å². The predicted octanol–water partition coefficient (Wildman–Crippen LogP) is 2.17. The van der Waals surface area contributed by atoms with Gasteiger partial charge in [-0.3, -0.25) is 4.79 Å². The van der Waals surface area contributed by atoms with Crippen molar-refractivity contribution >= 4 is 5.91 Å². The molecule has 4 fully saturated rings. The molecule has 4 aliphatic rings. The molecule has 4 rings (SSSR count). The van der Waals surface area contributed by atoms with Crippen LogP contribution in [0, 0.1) is 29.6 Å².